The highest BCUT2D eigenvalue weighted by atomic mass is 32.1. The highest BCUT2D eigenvalue weighted by Crippen LogP contribution is 2.45. The summed E-state index contributed by atoms with van der Waals surface area (Å²) >= 11 is 3.66. The third-order valence-electron chi connectivity index (χ3n) is 12.7. The summed E-state index contributed by atoms with van der Waals surface area (Å²) in [5.41, 5.74) is 14.1. The molecule has 60 heavy (non-hydrogen) atoms. The molecule has 4 aromatic heterocycles. The lowest BCUT2D eigenvalue weighted by atomic mass is 10.00. The zero-order valence-corrected chi connectivity index (χ0v) is 36.7. The van der Waals surface area contributed by atoms with E-state index in [-0.39, 0.29) is 0 Å². The zero-order chi connectivity index (χ0) is 40.4. The molecule has 0 amide bonds. The number of hydrogen-bond acceptors (Lipinski definition) is 4. The Bertz CT molecular complexity index is 2850. The molecule has 0 bridgehead atoms. The van der Waals surface area contributed by atoms with Gasteiger partial charge in [0, 0.05) is 30.9 Å². The van der Waals surface area contributed by atoms with Crippen LogP contribution in [0.15, 0.2) is 130 Å². The zero-order valence-electron chi connectivity index (χ0n) is 35.1. The van der Waals surface area contributed by atoms with Gasteiger partial charge < -0.3 is 8.83 Å². The monoisotopic (exact) mass is 822 g/mol. The Hall–Kier alpha value is -5.16. The normalized spacial score (nSPS) is 12.1. The summed E-state index contributed by atoms with van der Waals surface area (Å²) in [6, 6.07) is 45.4. The van der Waals surface area contributed by atoms with Gasteiger partial charge in [-0.05, 0) is 119 Å². The third-order valence-corrected chi connectivity index (χ3v) is 15.1. The van der Waals surface area contributed by atoms with Crippen LogP contribution in [0, 0.1) is 0 Å². The smallest absolute Gasteiger partial charge is 0.154 e. The van der Waals surface area contributed by atoms with Crippen molar-refractivity contribution in [2.24, 2.45) is 0 Å². The molecule has 0 unspecified atom stereocenters. The van der Waals surface area contributed by atoms with E-state index >= 15 is 0 Å². The molecule has 0 spiro atoms. The summed E-state index contributed by atoms with van der Waals surface area (Å²) in [5.74, 6) is 0. The molecule has 0 aliphatic carbocycles. The van der Waals surface area contributed by atoms with Crippen LogP contribution in [0.4, 0.5) is 0 Å². The molecule has 0 aliphatic rings. The minimum atomic E-state index is 0.936. The second-order valence-corrected chi connectivity index (χ2v) is 19.1. The first-order valence-electron chi connectivity index (χ1n) is 22.6. The number of furan rings is 2. The maximum absolute atomic E-state index is 6.61. The number of rotatable bonds is 17. The van der Waals surface area contributed by atoms with Crippen molar-refractivity contribution in [1.82, 2.24) is 0 Å². The summed E-state index contributed by atoms with van der Waals surface area (Å²) in [4.78, 5) is 0. The van der Waals surface area contributed by atoms with E-state index < -0.39 is 0 Å². The molecule has 0 aliphatic heterocycles. The molecule has 10 aromatic rings. The standard InChI is InChI=1S/C56H54O2S2/c1-3-5-7-9-11-13-15-37-17-21-39(22-18-37)41-27-31-51-47(35-41)53-55(59-51)45-33-43(25-29-49(45)57-53)44-26-30-50-46(34-44)56-54(58-50)48-36-42(28-32-52(48)60-56)40-23-19-38(20-24-40)16-14-12-10-8-6-4-2/h17-36H,3-16H2,1-2H3. The van der Waals surface area contributed by atoms with Crippen molar-refractivity contribution in [3.05, 3.63) is 132 Å². The van der Waals surface area contributed by atoms with E-state index in [0.29, 0.717) is 0 Å². The largest absolute Gasteiger partial charge is 0.454 e. The Labute approximate surface area is 361 Å². The van der Waals surface area contributed by atoms with E-state index in [4.69, 9.17) is 8.83 Å². The van der Waals surface area contributed by atoms with Crippen LogP contribution in [0.25, 0.3) is 96.1 Å². The van der Waals surface area contributed by atoms with Crippen LogP contribution in [-0.2, 0) is 12.8 Å². The van der Waals surface area contributed by atoms with E-state index in [0.717, 1.165) is 22.3 Å². The van der Waals surface area contributed by atoms with Crippen molar-refractivity contribution < 1.29 is 8.83 Å². The van der Waals surface area contributed by atoms with Gasteiger partial charge in [-0.25, -0.2) is 0 Å². The molecular formula is C56H54O2S2. The summed E-state index contributed by atoms with van der Waals surface area (Å²) in [6.07, 6.45) is 18.3. The molecule has 10 rings (SSSR count). The van der Waals surface area contributed by atoms with Gasteiger partial charge >= 0.3 is 0 Å². The lowest BCUT2D eigenvalue weighted by Gasteiger charge is -2.06. The fourth-order valence-corrected chi connectivity index (χ4v) is 11.4. The summed E-state index contributed by atoms with van der Waals surface area (Å²) in [6.45, 7) is 4.56. The van der Waals surface area contributed by atoms with Gasteiger partial charge in [-0.15, -0.1) is 22.7 Å². The Morgan fingerprint density at radius 2 is 0.700 bits per heavy atom. The lowest BCUT2D eigenvalue weighted by Crippen LogP contribution is -1.87. The van der Waals surface area contributed by atoms with Crippen LogP contribution >= 0.6 is 22.7 Å². The number of unbranched alkanes of at least 4 members (excludes halogenated alkanes) is 10. The first kappa shape index (κ1) is 39.0. The van der Waals surface area contributed by atoms with Crippen LogP contribution < -0.4 is 0 Å². The quantitative estimate of drug-likeness (QED) is 0.0855. The Morgan fingerprint density at radius 1 is 0.350 bits per heavy atom. The molecule has 4 heterocycles. The van der Waals surface area contributed by atoms with Crippen LogP contribution in [0.2, 0.25) is 0 Å². The van der Waals surface area contributed by atoms with E-state index in [1.807, 2.05) is 22.7 Å². The third kappa shape index (κ3) is 7.81. The summed E-state index contributed by atoms with van der Waals surface area (Å²) in [7, 11) is 0. The predicted molar refractivity (Wildman–Crippen MR) is 262 cm³/mol. The maximum atomic E-state index is 6.61. The molecule has 0 radical (unpaired) electrons. The topological polar surface area (TPSA) is 26.3 Å². The van der Waals surface area contributed by atoms with E-state index in [1.54, 1.807) is 0 Å². The minimum absolute atomic E-state index is 0.936. The van der Waals surface area contributed by atoms with Gasteiger partial charge in [-0.2, -0.15) is 0 Å². The van der Waals surface area contributed by atoms with Gasteiger partial charge in [0.2, 0.25) is 0 Å². The number of fused-ring (bicyclic) bond motifs is 10. The molecule has 4 heteroatoms. The molecule has 0 N–H and O–H groups in total. The Morgan fingerprint density at radius 3 is 1.13 bits per heavy atom. The molecule has 6 aromatic carbocycles. The van der Waals surface area contributed by atoms with Crippen LogP contribution in [0.3, 0.4) is 0 Å². The van der Waals surface area contributed by atoms with Gasteiger partial charge in [0.25, 0.3) is 0 Å². The first-order chi connectivity index (χ1) is 29.6. The number of thiophene rings is 2. The molecule has 302 valence electrons. The first-order valence-corrected chi connectivity index (χ1v) is 24.2. The highest BCUT2D eigenvalue weighted by Gasteiger charge is 2.18. The van der Waals surface area contributed by atoms with E-state index in [9.17, 15) is 0 Å². The van der Waals surface area contributed by atoms with Crippen LogP contribution in [-0.4, -0.2) is 0 Å². The van der Waals surface area contributed by atoms with Crippen LogP contribution in [0.5, 0.6) is 0 Å². The average molecular weight is 823 g/mol. The molecule has 0 fully saturated rings. The van der Waals surface area contributed by atoms with Crippen molar-refractivity contribution in [2.75, 3.05) is 0 Å². The van der Waals surface area contributed by atoms with Gasteiger partial charge in [-0.3, -0.25) is 0 Å². The van der Waals surface area contributed by atoms with Gasteiger partial charge in [0.15, 0.2) is 11.2 Å². The molecule has 0 saturated heterocycles. The van der Waals surface area contributed by atoms with E-state index in [2.05, 4.69) is 135 Å². The van der Waals surface area contributed by atoms with Gasteiger partial charge in [0.1, 0.15) is 11.2 Å². The highest BCUT2D eigenvalue weighted by molar-refractivity contribution is 7.27. The maximum Gasteiger partial charge on any atom is 0.154 e. The second-order valence-electron chi connectivity index (χ2n) is 17.0. The van der Waals surface area contributed by atoms with Gasteiger partial charge in [0.05, 0.1) is 9.40 Å². The van der Waals surface area contributed by atoms with E-state index in [1.165, 1.54) is 175 Å². The minimum Gasteiger partial charge on any atom is -0.454 e. The molecule has 0 saturated carbocycles. The van der Waals surface area contributed by atoms with Crippen LogP contribution in [0.1, 0.15) is 102 Å². The fraction of sp³-hybridized carbons (Fsp3) is 0.286. The number of hydrogen-bond donors (Lipinski definition) is 0. The molecule has 2 nitrogen and oxygen atoms in total. The van der Waals surface area contributed by atoms with Crippen molar-refractivity contribution in [2.45, 2.75) is 104 Å². The predicted octanol–water partition coefficient (Wildman–Crippen LogP) is 18.7. The summed E-state index contributed by atoms with van der Waals surface area (Å²) in [5, 5.41) is 4.73. The fourth-order valence-electron chi connectivity index (χ4n) is 9.18. The molecular weight excluding hydrogens is 769 g/mol. The Kier molecular flexibility index (Phi) is 11.3. The van der Waals surface area contributed by atoms with Crippen molar-refractivity contribution in [1.29, 1.82) is 0 Å². The SMILES string of the molecule is CCCCCCCCc1ccc(-c2ccc3sc4c5cc(-c6ccc7oc8c9cc(-c%10ccc(CCCCCCCC)cc%10)ccc9sc8c7c6)ccc5oc4c3c2)cc1. The van der Waals surface area contributed by atoms with Gasteiger partial charge in [-0.1, -0.05) is 151 Å². The number of benzene rings is 6. The number of aryl methyl sites for hydroxylation is 2. The van der Waals surface area contributed by atoms with Crippen molar-refractivity contribution in [3.8, 4) is 33.4 Å². The summed E-state index contributed by atoms with van der Waals surface area (Å²) < 4.78 is 18.2. The van der Waals surface area contributed by atoms with Crippen molar-refractivity contribution >= 4 is 85.4 Å². The average Bonchev–Trinajstić information content (AvgIpc) is 4.04. The second kappa shape index (κ2) is 17.4. The Balaban J connectivity index is 0.889. The lowest BCUT2D eigenvalue weighted by molar-refractivity contribution is 0.607. The van der Waals surface area contributed by atoms with Crippen molar-refractivity contribution in [3.63, 3.8) is 0 Å². The molecule has 0 atom stereocenters.